The van der Waals surface area contributed by atoms with Crippen LogP contribution in [0.25, 0.3) is 0 Å². The predicted octanol–water partition coefficient (Wildman–Crippen LogP) is 3.07. The average Bonchev–Trinajstić information content (AvgIpc) is 2.69. The first-order valence-corrected chi connectivity index (χ1v) is 5.43. The summed E-state index contributed by atoms with van der Waals surface area (Å²) in [4.78, 5) is 0. The first-order valence-electron chi connectivity index (χ1n) is 5.43. The van der Waals surface area contributed by atoms with Gasteiger partial charge in [0, 0.05) is 0 Å². The minimum Gasteiger partial charge on any atom is -0.489 e. The van der Waals surface area contributed by atoms with Gasteiger partial charge >= 0.3 is 0 Å². The number of ether oxygens (including phenoxy) is 1. The molecule has 15 heavy (non-hydrogen) atoms. The minimum atomic E-state index is 0.0737. The molecule has 1 aliphatic carbocycles. The molecule has 1 aromatic carbocycles. The monoisotopic (exact) mass is 201 g/mol. The van der Waals surface area contributed by atoms with E-state index in [4.69, 9.17) is 10.00 Å². The van der Waals surface area contributed by atoms with Crippen LogP contribution in [0, 0.1) is 24.2 Å². The molecule has 2 nitrogen and oxygen atoms in total. The van der Waals surface area contributed by atoms with Crippen LogP contribution in [0.4, 0.5) is 0 Å². The third kappa shape index (κ3) is 2.12. The fraction of sp³-hybridized carbons (Fsp3) is 0.462. The molecule has 0 aliphatic heterocycles. The van der Waals surface area contributed by atoms with E-state index < -0.39 is 0 Å². The summed E-state index contributed by atoms with van der Waals surface area (Å²) < 4.78 is 5.89. The van der Waals surface area contributed by atoms with Crippen LogP contribution in [0.15, 0.2) is 24.3 Å². The maximum absolute atomic E-state index is 8.95. The van der Waals surface area contributed by atoms with Crippen LogP contribution in [0.3, 0.4) is 0 Å². The quantitative estimate of drug-likeness (QED) is 0.736. The first-order chi connectivity index (χ1) is 7.31. The van der Waals surface area contributed by atoms with Gasteiger partial charge < -0.3 is 4.74 Å². The van der Waals surface area contributed by atoms with Gasteiger partial charge in [-0.05, 0) is 37.8 Å². The van der Waals surface area contributed by atoms with Gasteiger partial charge in [-0.15, -0.1) is 0 Å². The van der Waals surface area contributed by atoms with Gasteiger partial charge in [0.2, 0.25) is 0 Å². The second-order valence-corrected chi connectivity index (χ2v) is 4.09. The molecule has 0 heterocycles. The number of aryl methyl sites for hydroxylation is 1. The topological polar surface area (TPSA) is 33.0 Å². The summed E-state index contributed by atoms with van der Waals surface area (Å²) in [6.07, 6.45) is 3.19. The Balaban J connectivity index is 2.09. The van der Waals surface area contributed by atoms with E-state index in [0.29, 0.717) is 0 Å². The number of hydrogen-bond acceptors (Lipinski definition) is 2. The van der Waals surface area contributed by atoms with Crippen molar-refractivity contribution in [2.24, 2.45) is 5.92 Å². The normalized spacial score (nSPS) is 24.8. The fourth-order valence-electron chi connectivity index (χ4n) is 2.07. The molecule has 0 amide bonds. The van der Waals surface area contributed by atoms with Gasteiger partial charge in [-0.3, -0.25) is 0 Å². The lowest BCUT2D eigenvalue weighted by Gasteiger charge is -2.17. The molecule has 2 rings (SSSR count). The standard InChI is InChI=1S/C13H15NO/c1-10-5-2-3-7-12(10)15-13-8-4-6-11(13)9-14/h2-3,5,7,11,13H,4,6,8H2,1H3. The van der Waals surface area contributed by atoms with Crippen LogP contribution >= 0.6 is 0 Å². The van der Waals surface area contributed by atoms with Crippen molar-refractivity contribution >= 4 is 0 Å². The summed E-state index contributed by atoms with van der Waals surface area (Å²) in [6, 6.07) is 10.3. The van der Waals surface area contributed by atoms with Crippen molar-refractivity contribution in [3.8, 4) is 11.8 Å². The zero-order valence-electron chi connectivity index (χ0n) is 8.94. The molecule has 2 unspecified atom stereocenters. The van der Waals surface area contributed by atoms with Gasteiger partial charge in [-0.2, -0.15) is 5.26 Å². The van der Waals surface area contributed by atoms with Gasteiger partial charge in [0.05, 0.1) is 12.0 Å². The van der Waals surface area contributed by atoms with Crippen molar-refractivity contribution in [2.45, 2.75) is 32.3 Å². The molecule has 0 radical (unpaired) electrons. The molecule has 0 aromatic heterocycles. The largest absolute Gasteiger partial charge is 0.489 e. The molecular formula is C13H15NO. The highest BCUT2D eigenvalue weighted by Gasteiger charge is 2.28. The van der Waals surface area contributed by atoms with Crippen molar-refractivity contribution in [3.63, 3.8) is 0 Å². The van der Waals surface area contributed by atoms with E-state index >= 15 is 0 Å². The van der Waals surface area contributed by atoms with Crippen molar-refractivity contribution in [1.29, 1.82) is 5.26 Å². The smallest absolute Gasteiger partial charge is 0.122 e. The van der Waals surface area contributed by atoms with E-state index in [2.05, 4.69) is 6.07 Å². The van der Waals surface area contributed by atoms with Gasteiger partial charge in [0.25, 0.3) is 0 Å². The van der Waals surface area contributed by atoms with Crippen LogP contribution < -0.4 is 4.74 Å². The molecule has 2 heteroatoms. The third-order valence-electron chi connectivity index (χ3n) is 2.99. The van der Waals surface area contributed by atoms with Crippen LogP contribution in [0.2, 0.25) is 0 Å². The highest BCUT2D eigenvalue weighted by molar-refractivity contribution is 5.32. The number of nitrogens with zero attached hydrogens (tertiary/aromatic N) is 1. The zero-order valence-corrected chi connectivity index (χ0v) is 8.94. The summed E-state index contributed by atoms with van der Waals surface area (Å²) in [5.41, 5.74) is 1.14. The Kier molecular flexibility index (Phi) is 2.91. The summed E-state index contributed by atoms with van der Waals surface area (Å²) in [6.45, 7) is 2.03. The lowest BCUT2D eigenvalue weighted by atomic mass is 10.1. The number of rotatable bonds is 2. The second kappa shape index (κ2) is 4.35. The lowest BCUT2D eigenvalue weighted by molar-refractivity contribution is 0.181. The van der Waals surface area contributed by atoms with E-state index in [0.717, 1.165) is 30.6 Å². The number of benzene rings is 1. The molecular weight excluding hydrogens is 186 g/mol. The van der Waals surface area contributed by atoms with Crippen molar-refractivity contribution in [1.82, 2.24) is 0 Å². The fourth-order valence-corrected chi connectivity index (χ4v) is 2.07. The molecule has 1 aromatic rings. The van der Waals surface area contributed by atoms with Crippen molar-refractivity contribution in [2.75, 3.05) is 0 Å². The average molecular weight is 201 g/mol. The molecule has 1 saturated carbocycles. The van der Waals surface area contributed by atoms with E-state index in [9.17, 15) is 0 Å². The van der Waals surface area contributed by atoms with Crippen LogP contribution in [-0.4, -0.2) is 6.10 Å². The van der Waals surface area contributed by atoms with E-state index in [1.807, 2.05) is 31.2 Å². The Morgan fingerprint density at radius 1 is 1.33 bits per heavy atom. The van der Waals surface area contributed by atoms with E-state index in [1.165, 1.54) is 0 Å². The Bertz CT molecular complexity index is 380. The summed E-state index contributed by atoms with van der Waals surface area (Å²) in [7, 11) is 0. The summed E-state index contributed by atoms with van der Waals surface area (Å²) in [5.74, 6) is 0.995. The Morgan fingerprint density at radius 3 is 2.87 bits per heavy atom. The summed E-state index contributed by atoms with van der Waals surface area (Å²) >= 11 is 0. The van der Waals surface area contributed by atoms with E-state index in [1.54, 1.807) is 0 Å². The number of nitriles is 1. The zero-order chi connectivity index (χ0) is 10.7. The van der Waals surface area contributed by atoms with E-state index in [-0.39, 0.29) is 12.0 Å². The van der Waals surface area contributed by atoms with Gasteiger partial charge in [-0.25, -0.2) is 0 Å². The van der Waals surface area contributed by atoms with Crippen LogP contribution in [0.5, 0.6) is 5.75 Å². The SMILES string of the molecule is Cc1ccccc1OC1CCCC1C#N. The minimum absolute atomic E-state index is 0.0737. The Labute approximate surface area is 90.5 Å². The van der Waals surface area contributed by atoms with Crippen molar-refractivity contribution in [3.05, 3.63) is 29.8 Å². The maximum atomic E-state index is 8.95. The Morgan fingerprint density at radius 2 is 2.13 bits per heavy atom. The molecule has 0 N–H and O–H groups in total. The highest BCUT2D eigenvalue weighted by Crippen LogP contribution is 2.30. The van der Waals surface area contributed by atoms with Crippen molar-refractivity contribution < 1.29 is 4.74 Å². The van der Waals surface area contributed by atoms with Gasteiger partial charge in [0.15, 0.2) is 0 Å². The molecule has 0 spiro atoms. The lowest BCUT2D eigenvalue weighted by Crippen LogP contribution is -2.20. The molecule has 1 aliphatic rings. The van der Waals surface area contributed by atoms with Crippen LogP contribution in [-0.2, 0) is 0 Å². The highest BCUT2D eigenvalue weighted by atomic mass is 16.5. The molecule has 78 valence electrons. The second-order valence-electron chi connectivity index (χ2n) is 4.09. The third-order valence-corrected chi connectivity index (χ3v) is 2.99. The molecule has 0 saturated heterocycles. The Hall–Kier alpha value is -1.49. The number of hydrogen-bond donors (Lipinski definition) is 0. The first kappa shape index (κ1) is 10.0. The summed E-state index contributed by atoms with van der Waals surface area (Å²) in [5, 5.41) is 8.95. The van der Waals surface area contributed by atoms with Gasteiger partial charge in [0.1, 0.15) is 11.9 Å². The molecule has 0 bridgehead atoms. The predicted molar refractivity (Wildman–Crippen MR) is 58.5 cm³/mol. The molecule has 2 atom stereocenters. The molecule has 1 fully saturated rings. The number of para-hydroxylation sites is 1. The maximum Gasteiger partial charge on any atom is 0.122 e. The van der Waals surface area contributed by atoms with Crippen LogP contribution in [0.1, 0.15) is 24.8 Å². The van der Waals surface area contributed by atoms with Gasteiger partial charge in [-0.1, -0.05) is 18.2 Å².